The van der Waals surface area contributed by atoms with Crippen LogP contribution in [0.2, 0.25) is 0 Å². The molecule has 0 atom stereocenters. The molecule has 4 aromatic rings. The van der Waals surface area contributed by atoms with Crippen molar-refractivity contribution in [2.24, 2.45) is 0 Å². The third-order valence-corrected chi connectivity index (χ3v) is 3.88. The van der Waals surface area contributed by atoms with Crippen molar-refractivity contribution in [2.45, 2.75) is 12.8 Å². The standard InChI is InChI=1S/C19H16N4O2/c24-18(11-10-13-6-2-1-3-7-13)25-17-12-16(22-23-17)19-20-14-8-4-5-9-15(14)21-19/h1-9,12H,10-11H2,(H,20,21)(H,22,23). The maximum Gasteiger partial charge on any atom is 0.312 e. The summed E-state index contributed by atoms with van der Waals surface area (Å²) in [7, 11) is 0. The van der Waals surface area contributed by atoms with Crippen LogP contribution in [0.1, 0.15) is 12.0 Å². The Hall–Kier alpha value is -3.41. The molecule has 0 bridgehead atoms. The molecule has 2 heterocycles. The molecule has 0 fully saturated rings. The van der Waals surface area contributed by atoms with Gasteiger partial charge in [0.2, 0.25) is 5.88 Å². The SMILES string of the molecule is O=C(CCc1ccccc1)Oc1cc(-c2nc3ccccc3[nH]2)[nH]n1. The van der Waals surface area contributed by atoms with E-state index < -0.39 is 0 Å². The van der Waals surface area contributed by atoms with E-state index in [4.69, 9.17) is 4.74 Å². The number of carbonyl (C=O) groups excluding carboxylic acids is 1. The number of ether oxygens (including phenoxy) is 1. The highest BCUT2D eigenvalue weighted by atomic mass is 16.5. The van der Waals surface area contributed by atoms with Crippen LogP contribution in [0.15, 0.2) is 60.7 Å². The van der Waals surface area contributed by atoms with Crippen molar-refractivity contribution in [1.29, 1.82) is 0 Å². The van der Waals surface area contributed by atoms with Crippen LogP contribution in [0.5, 0.6) is 5.88 Å². The number of H-pyrrole nitrogens is 2. The minimum atomic E-state index is -0.313. The van der Waals surface area contributed by atoms with Gasteiger partial charge in [-0.05, 0) is 24.1 Å². The van der Waals surface area contributed by atoms with Crippen molar-refractivity contribution in [3.05, 3.63) is 66.2 Å². The Morgan fingerprint density at radius 2 is 1.84 bits per heavy atom. The predicted molar refractivity (Wildman–Crippen MR) is 94.1 cm³/mol. The maximum absolute atomic E-state index is 12.0. The Kier molecular flexibility index (Phi) is 4.00. The minimum Gasteiger partial charge on any atom is -0.406 e. The molecular weight excluding hydrogens is 316 g/mol. The molecule has 25 heavy (non-hydrogen) atoms. The fourth-order valence-electron chi connectivity index (χ4n) is 2.62. The van der Waals surface area contributed by atoms with Gasteiger partial charge in [-0.25, -0.2) is 4.98 Å². The van der Waals surface area contributed by atoms with Gasteiger partial charge in [0.15, 0.2) is 5.82 Å². The number of fused-ring (bicyclic) bond motifs is 1. The van der Waals surface area contributed by atoms with Crippen LogP contribution in [-0.2, 0) is 11.2 Å². The van der Waals surface area contributed by atoms with E-state index in [1.54, 1.807) is 6.07 Å². The van der Waals surface area contributed by atoms with Crippen LogP contribution in [0, 0.1) is 0 Å². The summed E-state index contributed by atoms with van der Waals surface area (Å²) in [6.45, 7) is 0. The molecule has 6 nitrogen and oxygen atoms in total. The lowest BCUT2D eigenvalue weighted by Crippen LogP contribution is -2.09. The Morgan fingerprint density at radius 1 is 1.04 bits per heavy atom. The number of nitrogens with zero attached hydrogens (tertiary/aromatic N) is 2. The molecule has 0 aliphatic heterocycles. The molecule has 0 saturated carbocycles. The van der Waals surface area contributed by atoms with Crippen molar-refractivity contribution < 1.29 is 9.53 Å². The van der Waals surface area contributed by atoms with Crippen LogP contribution in [0.4, 0.5) is 0 Å². The Bertz CT molecular complexity index is 971. The van der Waals surface area contributed by atoms with Crippen LogP contribution < -0.4 is 4.74 Å². The normalized spacial score (nSPS) is 10.9. The van der Waals surface area contributed by atoms with Crippen molar-refractivity contribution in [3.63, 3.8) is 0 Å². The number of carbonyl (C=O) groups is 1. The van der Waals surface area contributed by atoms with E-state index in [-0.39, 0.29) is 11.8 Å². The van der Waals surface area contributed by atoms with Gasteiger partial charge in [0, 0.05) is 6.07 Å². The molecule has 0 unspecified atom stereocenters. The van der Waals surface area contributed by atoms with E-state index in [0.29, 0.717) is 24.4 Å². The topological polar surface area (TPSA) is 83.7 Å². The first-order valence-electron chi connectivity index (χ1n) is 8.03. The van der Waals surface area contributed by atoms with Crippen molar-refractivity contribution in [2.75, 3.05) is 0 Å². The van der Waals surface area contributed by atoms with Crippen molar-refractivity contribution in [1.82, 2.24) is 20.2 Å². The molecule has 2 aromatic heterocycles. The van der Waals surface area contributed by atoms with Crippen LogP contribution in [0.3, 0.4) is 0 Å². The quantitative estimate of drug-likeness (QED) is 0.548. The average Bonchev–Trinajstić information content (AvgIpc) is 3.27. The number of esters is 1. The lowest BCUT2D eigenvalue weighted by molar-refractivity contribution is -0.134. The summed E-state index contributed by atoms with van der Waals surface area (Å²) in [5.74, 6) is 0.584. The van der Waals surface area contributed by atoms with E-state index in [2.05, 4.69) is 20.2 Å². The molecule has 0 saturated heterocycles. The summed E-state index contributed by atoms with van der Waals surface area (Å²) < 4.78 is 5.29. The van der Waals surface area contributed by atoms with Gasteiger partial charge in [0.05, 0.1) is 17.5 Å². The van der Waals surface area contributed by atoms with Gasteiger partial charge in [-0.2, -0.15) is 0 Å². The summed E-state index contributed by atoms with van der Waals surface area (Å²) in [4.78, 5) is 19.7. The number of rotatable bonds is 5. The van der Waals surface area contributed by atoms with Gasteiger partial charge < -0.3 is 9.72 Å². The lowest BCUT2D eigenvalue weighted by Gasteiger charge is -2.01. The molecule has 0 radical (unpaired) electrons. The number of para-hydroxylation sites is 2. The average molecular weight is 332 g/mol. The van der Waals surface area contributed by atoms with Gasteiger partial charge in [-0.1, -0.05) is 42.5 Å². The zero-order valence-corrected chi connectivity index (χ0v) is 13.4. The van der Waals surface area contributed by atoms with Crippen LogP contribution >= 0.6 is 0 Å². The van der Waals surface area contributed by atoms with E-state index in [9.17, 15) is 4.79 Å². The second-order valence-electron chi connectivity index (χ2n) is 5.68. The van der Waals surface area contributed by atoms with Gasteiger partial charge in [-0.15, -0.1) is 5.10 Å². The van der Waals surface area contributed by atoms with Gasteiger partial charge in [0.1, 0.15) is 5.69 Å². The minimum absolute atomic E-state index is 0.244. The molecule has 0 amide bonds. The number of imidazole rings is 1. The number of aromatic nitrogens is 4. The maximum atomic E-state index is 12.0. The third kappa shape index (κ3) is 3.42. The van der Waals surface area contributed by atoms with Crippen molar-refractivity contribution in [3.8, 4) is 17.4 Å². The number of aromatic amines is 2. The Labute approximate surface area is 143 Å². The van der Waals surface area contributed by atoms with Crippen LogP contribution in [-0.4, -0.2) is 26.1 Å². The number of hydrogen-bond acceptors (Lipinski definition) is 4. The Balaban J connectivity index is 1.41. The summed E-state index contributed by atoms with van der Waals surface area (Å²) >= 11 is 0. The lowest BCUT2D eigenvalue weighted by atomic mass is 10.1. The predicted octanol–water partition coefficient (Wildman–Crippen LogP) is 3.49. The molecule has 0 spiro atoms. The molecule has 6 heteroatoms. The van der Waals surface area contributed by atoms with Gasteiger partial charge in [-0.3, -0.25) is 9.89 Å². The number of nitrogens with one attached hydrogen (secondary N) is 2. The number of benzene rings is 2. The van der Waals surface area contributed by atoms with E-state index >= 15 is 0 Å². The molecule has 0 aliphatic carbocycles. The third-order valence-electron chi connectivity index (χ3n) is 3.88. The largest absolute Gasteiger partial charge is 0.406 e. The molecule has 4 rings (SSSR count). The Morgan fingerprint density at radius 3 is 2.68 bits per heavy atom. The molecule has 2 aromatic carbocycles. The summed E-state index contributed by atoms with van der Waals surface area (Å²) in [5.41, 5.74) is 3.58. The second-order valence-corrected chi connectivity index (χ2v) is 5.68. The zero-order valence-electron chi connectivity index (χ0n) is 13.4. The first-order chi connectivity index (χ1) is 12.3. The zero-order chi connectivity index (χ0) is 17.1. The van der Waals surface area contributed by atoms with E-state index in [0.717, 1.165) is 16.6 Å². The summed E-state index contributed by atoms with van der Waals surface area (Å²) in [6.07, 6.45) is 0.942. The monoisotopic (exact) mass is 332 g/mol. The number of hydrogen-bond donors (Lipinski definition) is 2. The van der Waals surface area contributed by atoms with E-state index in [1.165, 1.54) is 0 Å². The molecular formula is C19H16N4O2. The van der Waals surface area contributed by atoms with Crippen LogP contribution in [0.25, 0.3) is 22.6 Å². The first kappa shape index (κ1) is 15.1. The van der Waals surface area contributed by atoms with Gasteiger partial charge >= 0.3 is 5.97 Å². The number of aryl methyl sites for hydroxylation is 1. The fourth-order valence-corrected chi connectivity index (χ4v) is 2.62. The highest BCUT2D eigenvalue weighted by molar-refractivity contribution is 5.79. The van der Waals surface area contributed by atoms with Crippen molar-refractivity contribution >= 4 is 17.0 Å². The van der Waals surface area contributed by atoms with E-state index in [1.807, 2.05) is 54.6 Å². The molecule has 0 aliphatic rings. The summed E-state index contributed by atoms with van der Waals surface area (Å²) in [5, 5.41) is 6.87. The first-order valence-corrected chi connectivity index (χ1v) is 8.03. The smallest absolute Gasteiger partial charge is 0.312 e. The highest BCUT2D eigenvalue weighted by Crippen LogP contribution is 2.21. The van der Waals surface area contributed by atoms with Gasteiger partial charge in [0.25, 0.3) is 0 Å². The highest BCUT2D eigenvalue weighted by Gasteiger charge is 2.12. The molecule has 2 N–H and O–H groups in total. The second kappa shape index (κ2) is 6.60. The fraction of sp³-hybridized carbons (Fsp3) is 0.105. The summed E-state index contributed by atoms with van der Waals surface area (Å²) in [6, 6.07) is 19.2. The molecule has 124 valence electrons.